The van der Waals surface area contributed by atoms with Crippen molar-refractivity contribution in [3.63, 3.8) is 0 Å². The van der Waals surface area contributed by atoms with Crippen molar-refractivity contribution in [2.45, 2.75) is 32.7 Å². The van der Waals surface area contributed by atoms with Gasteiger partial charge in [-0.15, -0.1) is 0 Å². The van der Waals surface area contributed by atoms with Gasteiger partial charge in [-0.2, -0.15) is 5.10 Å². The molecule has 0 aromatic carbocycles. The molecule has 5 nitrogen and oxygen atoms in total. The molecule has 0 aliphatic rings. The van der Waals surface area contributed by atoms with Gasteiger partial charge < -0.3 is 11.1 Å². The predicted molar refractivity (Wildman–Crippen MR) is 62.7 cm³/mol. The fourth-order valence-corrected chi connectivity index (χ4v) is 1.62. The lowest BCUT2D eigenvalue weighted by Crippen LogP contribution is -2.41. The molecule has 90 valence electrons. The van der Waals surface area contributed by atoms with E-state index in [-0.39, 0.29) is 11.9 Å². The minimum absolute atomic E-state index is 0.0136. The van der Waals surface area contributed by atoms with E-state index in [9.17, 15) is 4.79 Å². The van der Waals surface area contributed by atoms with Gasteiger partial charge in [-0.05, 0) is 18.4 Å². The number of carbonyl (C=O) groups excluding carboxylic acids is 1. The van der Waals surface area contributed by atoms with Crippen LogP contribution in [0.2, 0.25) is 0 Å². The maximum Gasteiger partial charge on any atom is 0.226 e. The Morgan fingerprint density at radius 2 is 2.38 bits per heavy atom. The fourth-order valence-electron chi connectivity index (χ4n) is 1.62. The lowest BCUT2D eigenvalue weighted by Gasteiger charge is -2.18. The van der Waals surface area contributed by atoms with Gasteiger partial charge in [0, 0.05) is 24.5 Å². The second-order valence-electron chi connectivity index (χ2n) is 4.39. The summed E-state index contributed by atoms with van der Waals surface area (Å²) in [5, 5.41) is 9.48. The third-order valence-electron chi connectivity index (χ3n) is 2.31. The van der Waals surface area contributed by atoms with Crippen molar-refractivity contribution < 1.29 is 4.79 Å². The van der Waals surface area contributed by atoms with Crippen molar-refractivity contribution in [1.29, 1.82) is 0 Å². The van der Waals surface area contributed by atoms with Gasteiger partial charge in [-0.25, -0.2) is 0 Å². The molecule has 0 spiro atoms. The Morgan fingerprint density at radius 1 is 1.62 bits per heavy atom. The molecule has 4 N–H and O–H groups in total. The number of aromatic nitrogens is 2. The maximum absolute atomic E-state index is 11.6. The minimum Gasteiger partial charge on any atom is -0.352 e. The molecule has 1 rings (SSSR count). The molecule has 0 saturated carbocycles. The summed E-state index contributed by atoms with van der Waals surface area (Å²) in [6, 6.07) is 1.86. The first kappa shape index (κ1) is 12.7. The summed E-state index contributed by atoms with van der Waals surface area (Å²) in [5.41, 5.74) is 6.43. The first-order valence-electron chi connectivity index (χ1n) is 5.59. The normalized spacial score (nSPS) is 12.8. The Balaban J connectivity index is 2.37. The number of nitrogens with zero attached hydrogens (tertiary/aromatic N) is 1. The van der Waals surface area contributed by atoms with Gasteiger partial charge in [0.1, 0.15) is 0 Å². The van der Waals surface area contributed by atoms with E-state index >= 15 is 0 Å². The van der Waals surface area contributed by atoms with Crippen LogP contribution in [-0.2, 0) is 11.2 Å². The minimum atomic E-state index is -0.0136. The summed E-state index contributed by atoms with van der Waals surface area (Å²) in [5.74, 6) is 0.515. The molecule has 1 atom stereocenters. The van der Waals surface area contributed by atoms with Crippen LogP contribution in [0.15, 0.2) is 12.3 Å². The van der Waals surface area contributed by atoms with Gasteiger partial charge in [-0.1, -0.05) is 13.8 Å². The SMILES string of the molecule is CC(C)CC(CN)NC(=O)Cc1ccn[nH]1. The molecule has 0 aliphatic carbocycles. The maximum atomic E-state index is 11.6. The van der Waals surface area contributed by atoms with E-state index in [0.717, 1.165) is 12.1 Å². The van der Waals surface area contributed by atoms with Crippen LogP contribution in [0.4, 0.5) is 0 Å². The van der Waals surface area contributed by atoms with Crippen LogP contribution in [0.25, 0.3) is 0 Å². The van der Waals surface area contributed by atoms with E-state index in [1.807, 2.05) is 0 Å². The third-order valence-corrected chi connectivity index (χ3v) is 2.31. The molecule has 1 aromatic heterocycles. The number of aromatic amines is 1. The largest absolute Gasteiger partial charge is 0.352 e. The number of H-pyrrole nitrogens is 1. The summed E-state index contributed by atoms with van der Waals surface area (Å²) < 4.78 is 0. The monoisotopic (exact) mass is 224 g/mol. The highest BCUT2D eigenvalue weighted by Gasteiger charge is 2.12. The lowest BCUT2D eigenvalue weighted by molar-refractivity contribution is -0.121. The van der Waals surface area contributed by atoms with Crippen LogP contribution in [-0.4, -0.2) is 28.7 Å². The molecule has 16 heavy (non-hydrogen) atoms. The van der Waals surface area contributed by atoms with Crippen molar-refractivity contribution in [3.8, 4) is 0 Å². The average molecular weight is 224 g/mol. The van der Waals surface area contributed by atoms with Crippen LogP contribution in [0.3, 0.4) is 0 Å². The number of nitrogens with one attached hydrogen (secondary N) is 2. The Hall–Kier alpha value is -1.36. The molecule has 1 aromatic rings. The van der Waals surface area contributed by atoms with E-state index in [4.69, 9.17) is 5.73 Å². The van der Waals surface area contributed by atoms with Crippen LogP contribution >= 0.6 is 0 Å². The summed E-state index contributed by atoms with van der Waals surface area (Å²) in [7, 11) is 0. The quantitative estimate of drug-likeness (QED) is 0.655. The Morgan fingerprint density at radius 3 is 2.88 bits per heavy atom. The van der Waals surface area contributed by atoms with E-state index in [0.29, 0.717) is 18.9 Å². The fraction of sp³-hybridized carbons (Fsp3) is 0.636. The molecule has 1 amide bonds. The van der Waals surface area contributed by atoms with Gasteiger partial charge in [0.15, 0.2) is 0 Å². The topological polar surface area (TPSA) is 83.8 Å². The Kier molecular flexibility index (Phi) is 4.98. The summed E-state index contributed by atoms with van der Waals surface area (Å²) >= 11 is 0. The number of carbonyl (C=O) groups is 1. The van der Waals surface area contributed by atoms with Crippen molar-refractivity contribution in [2.24, 2.45) is 11.7 Å². The zero-order chi connectivity index (χ0) is 12.0. The van der Waals surface area contributed by atoms with Crippen molar-refractivity contribution >= 4 is 5.91 Å². The smallest absolute Gasteiger partial charge is 0.226 e. The molecular formula is C11H20N4O. The first-order chi connectivity index (χ1) is 7.61. The van der Waals surface area contributed by atoms with E-state index in [1.165, 1.54) is 0 Å². The van der Waals surface area contributed by atoms with Gasteiger partial charge in [-0.3, -0.25) is 9.89 Å². The number of amides is 1. The third kappa shape index (κ3) is 4.44. The number of rotatable bonds is 6. The summed E-state index contributed by atoms with van der Waals surface area (Å²) in [6.45, 7) is 4.71. The highest BCUT2D eigenvalue weighted by molar-refractivity contribution is 5.78. The standard InChI is InChI=1S/C11H20N4O/c1-8(2)5-10(7-12)14-11(16)6-9-3-4-13-15-9/h3-4,8,10H,5-7,12H2,1-2H3,(H,13,15)(H,14,16). The number of hydrogen-bond acceptors (Lipinski definition) is 3. The van der Waals surface area contributed by atoms with Crippen LogP contribution in [0.5, 0.6) is 0 Å². The van der Waals surface area contributed by atoms with Crippen molar-refractivity contribution in [1.82, 2.24) is 15.5 Å². The van der Waals surface area contributed by atoms with Gasteiger partial charge in [0.2, 0.25) is 5.91 Å². The van der Waals surface area contributed by atoms with Crippen LogP contribution < -0.4 is 11.1 Å². The average Bonchev–Trinajstić information content (AvgIpc) is 2.68. The Bertz CT molecular complexity index is 308. The summed E-state index contributed by atoms with van der Waals surface area (Å²) in [6.07, 6.45) is 2.87. The highest BCUT2D eigenvalue weighted by atomic mass is 16.1. The molecule has 0 bridgehead atoms. The first-order valence-corrected chi connectivity index (χ1v) is 5.59. The van der Waals surface area contributed by atoms with Gasteiger partial charge >= 0.3 is 0 Å². The molecule has 0 radical (unpaired) electrons. The van der Waals surface area contributed by atoms with E-state index < -0.39 is 0 Å². The predicted octanol–water partition coefficient (Wildman–Crippen LogP) is 0.442. The second kappa shape index (κ2) is 6.27. The van der Waals surface area contributed by atoms with Crippen molar-refractivity contribution in [2.75, 3.05) is 6.54 Å². The van der Waals surface area contributed by atoms with Gasteiger partial charge in [0.25, 0.3) is 0 Å². The second-order valence-corrected chi connectivity index (χ2v) is 4.39. The zero-order valence-corrected chi connectivity index (χ0v) is 9.86. The van der Waals surface area contributed by atoms with Crippen LogP contribution in [0.1, 0.15) is 26.0 Å². The highest BCUT2D eigenvalue weighted by Crippen LogP contribution is 2.04. The summed E-state index contributed by atoms with van der Waals surface area (Å²) in [4.78, 5) is 11.6. The number of hydrogen-bond donors (Lipinski definition) is 3. The molecule has 0 fully saturated rings. The zero-order valence-electron chi connectivity index (χ0n) is 9.86. The van der Waals surface area contributed by atoms with E-state index in [2.05, 4.69) is 29.4 Å². The number of nitrogens with two attached hydrogens (primary N) is 1. The molecule has 1 heterocycles. The molecule has 5 heteroatoms. The Labute approximate surface area is 95.8 Å². The molecule has 0 aliphatic heterocycles. The molecule has 1 unspecified atom stereocenters. The van der Waals surface area contributed by atoms with E-state index in [1.54, 1.807) is 12.3 Å². The van der Waals surface area contributed by atoms with Crippen molar-refractivity contribution in [3.05, 3.63) is 18.0 Å². The van der Waals surface area contributed by atoms with Crippen LogP contribution in [0, 0.1) is 5.92 Å². The molecular weight excluding hydrogens is 204 g/mol. The van der Waals surface area contributed by atoms with Gasteiger partial charge in [0.05, 0.1) is 6.42 Å². The lowest BCUT2D eigenvalue weighted by atomic mass is 10.0. The molecule has 0 saturated heterocycles.